The van der Waals surface area contributed by atoms with E-state index in [0.29, 0.717) is 22.3 Å². The van der Waals surface area contributed by atoms with Crippen LogP contribution in [0.5, 0.6) is 0 Å². The molecule has 0 amide bonds. The summed E-state index contributed by atoms with van der Waals surface area (Å²) in [5.74, 6) is 0.640. The number of hydrogen-bond acceptors (Lipinski definition) is 2. The first-order valence-corrected chi connectivity index (χ1v) is 6.37. The van der Waals surface area contributed by atoms with Gasteiger partial charge in [0.2, 0.25) is 0 Å². The van der Waals surface area contributed by atoms with Crippen LogP contribution in [-0.2, 0) is 17.6 Å². The second kappa shape index (κ2) is 3.86. The molecule has 3 rings (SSSR count). The van der Waals surface area contributed by atoms with Gasteiger partial charge in [-0.3, -0.25) is 0 Å². The van der Waals surface area contributed by atoms with E-state index in [-0.39, 0.29) is 0 Å². The molecular formula is C12H13Cl2NO. The fraction of sp³-hybridized carbons (Fsp3) is 0.583. The average Bonchev–Trinajstić information content (AvgIpc) is 2.71. The zero-order valence-corrected chi connectivity index (χ0v) is 10.6. The molecule has 2 heterocycles. The molecule has 0 N–H and O–H groups in total. The molecule has 1 aromatic rings. The van der Waals surface area contributed by atoms with Crippen LogP contribution in [0.4, 0.5) is 0 Å². The number of rotatable bonds is 0. The third kappa shape index (κ3) is 1.55. The standard InChI is InChI=1S/C12H13Cl2NO/c1-6-8-4-7-2-3-16-10(7)5-9(8)12(14)15-11(6)13/h7,10H,2-5H2,1H3. The fourth-order valence-electron chi connectivity index (χ4n) is 2.81. The number of halogens is 2. The Kier molecular flexibility index (Phi) is 2.61. The Morgan fingerprint density at radius 2 is 2.00 bits per heavy atom. The predicted octanol–water partition coefficient (Wildman–Crippen LogP) is 3.20. The highest BCUT2D eigenvalue weighted by Gasteiger charge is 2.35. The van der Waals surface area contributed by atoms with Gasteiger partial charge in [-0.25, -0.2) is 4.98 Å². The minimum Gasteiger partial charge on any atom is -0.378 e. The van der Waals surface area contributed by atoms with Crippen LogP contribution in [0, 0.1) is 12.8 Å². The highest BCUT2D eigenvalue weighted by Crippen LogP contribution is 2.39. The number of ether oxygens (including phenoxy) is 1. The quantitative estimate of drug-likeness (QED) is 0.667. The van der Waals surface area contributed by atoms with E-state index in [1.54, 1.807) is 0 Å². The smallest absolute Gasteiger partial charge is 0.134 e. The van der Waals surface area contributed by atoms with Crippen molar-refractivity contribution in [1.29, 1.82) is 0 Å². The van der Waals surface area contributed by atoms with Crippen molar-refractivity contribution >= 4 is 23.2 Å². The zero-order chi connectivity index (χ0) is 11.3. The van der Waals surface area contributed by atoms with Crippen molar-refractivity contribution in [1.82, 2.24) is 4.98 Å². The lowest BCUT2D eigenvalue weighted by atomic mass is 9.81. The molecule has 0 saturated carbocycles. The Morgan fingerprint density at radius 3 is 2.81 bits per heavy atom. The summed E-state index contributed by atoms with van der Waals surface area (Å²) >= 11 is 12.2. The van der Waals surface area contributed by atoms with E-state index in [4.69, 9.17) is 27.9 Å². The number of hydrogen-bond donors (Lipinski definition) is 0. The van der Waals surface area contributed by atoms with Gasteiger partial charge in [0, 0.05) is 13.0 Å². The Labute approximate surface area is 105 Å². The van der Waals surface area contributed by atoms with Gasteiger partial charge in [-0.05, 0) is 42.4 Å². The number of aromatic nitrogens is 1. The maximum absolute atomic E-state index is 6.16. The largest absolute Gasteiger partial charge is 0.378 e. The SMILES string of the molecule is Cc1c(Cl)nc(Cl)c2c1CC1CCOC1C2. The molecule has 0 bridgehead atoms. The molecule has 0 aromatic carbocycles. The maximum Gasteiger partial charge on any atom is 0.134 e. The van der Waals surface area contributed by atoms with Gasteiger partial charge in [0.1, 0.15) is 10.3 Å². The van der Waals surface area contributed by atoms with Crippen molar-refractivity contribution in [2.24, 2.45) is 5.92 Å². The Balaban J connectivity index is 2.10. The van der Waals surface area contributed by atoms with Crippen LogP contribution in [0.25, 0.3) is 0 Å². The van der Waals surface area contributed by atoms with Gasteiger partial charge in [-0.15, -0.1) is 0 Å². The predicted molar refractivity (Wildman–Crippen MR) is 64.2 cm³/mol. The molecule has 16 heavy (non-hydrogen) atoms. The molecule has 1 aliphatic heterocycles. The third-order valence-corrected chi connectivity index (χ3v) is 4.47. The van der Waals surface area contributed by atoms with Crippen LogP contribution >= 0.6 is 23.2 Å². The molecule has 0 radical (unpaired) electrons. The molecule has 86 valence electrons. The first kappa shape index (κ1) is 10.8. The summed E-state index contributed by atoms with van der Waals surface area (Å²) in [5, 5.41) is 1.10. The molecule has 0 spiro atoms. The van der Waals surface area contributed by atoms with Crippen molar-refractivity contribution in [3.63, 3.8) is 0 Å². The normalized spacial score (nSPS) is 27.7. The molecule has 4 heteroatoms. The Morgan fingerprint density at radius 1 is 1.19 bits per heavy atom. The monoisotopic (exact) mass is 257 g/mol. The van der Waals surface area contributed by atoms with Crippen LogP contribution < -0.4 is 0 Å². The van der Waals surface area contributed by atoms with Crippen LogP contribution in [0.1, 0.15) is 23.1 Å². The van der Waals surface area contributed by atoms with Crippen LogP contribution in [0.15, 0.2) is 0 Å². The van der Waals surface area contributed by atoms with E-state index in [2.05, 4.69) is 4.98 Å². The van der Waals surface area contributed by atoms with Gasteiger partial charge in [0.05, 0.1) is 6.10 Å². The van der Waals surface area contributed by atoms with Gasteiger partial charge in [-0.2, -0.15) is 0 Å². The number of fused-ring (bicyclic) bond motifs is 2. The summed E-state index contributed by atoms with van der Waals surface area (Å²) in [6, 6.07) is 0. The van der Waals surface area contributed by atoms with E-state index in [9.17, 15) is 0 Å². The van der Waals surface area contributed by atoms with E-state index in [1.807, 2.05) is 6.92 Å². The van der Waals surface area contributed by atoms with E-state index in [0.717, 1.165) is 37.0 Å². The lowest BCUT2D eigenvalue weighted by Gasteiger charge is -2.28. The lowest BCUT2D eigenvalue weighted by molar-refractivity contribution is 0.0861. The van der Waals surface area contributed by atoms with Gasteiger partial charge in [0.25, 0.3) is 0 Å². The molecule has 1 aliphatic carbocycles. The van der Waals surface area contributed by atoms with Crippen molar-refractivity contribution in [2.75, 3.05) is 6.61 Å². The van der Waals surface area contributed by atoms with Crippen molar-refractivity contribution in [3.05, 3.63) is 27.0 Å². The second-order valence-corrected chi connectivity index (χ2v) is 5.36. The van der Waals surface area contributed by atoms with E-state index < -0.39 is 0 Å². The minimum absolute atomic E-state index is 0.340. The van der Waals surface area contributed by atoms with Crippen molar-refractivity contribution < 1.29 is 4.74 Å². The topological polar surface area (TPSA) is 22.1 Å². The van der Waals surface area contributed by atoms with Crippen LogP contribution in [-0.4, -0.2) is 17.7 Å². The number of nitrogens with zero attached hydrogens (tertiary/aromatic N) is 1. The zero-order valence-electron chi connectivity index (χ0n) is 9.09. The average molecular weight is 258 g/mol. The van der Waals surface area contributed by atoms with Gasteiger partial charge < -0.3 is 4.74 Å². The summed E-state index contributed by atoms with van der Waals surface area (Å²) in [5.41, 5.74) is 3.54. The molecular weight excluding hydrogens is 245 g/mol. The Bertz CT molecular complexity index is 447. The summed E-state index contributed by atoms with van der Waals surface area (Å²) in [6.07, 6.45) is 3.42. The van der Waals surface area contributed by atoms with Gasteiger partial charge in [-0.1, -0.05) is 23.2 Å². The molecule has 2 aliphatic rings. The van der Waals surface area contributed by atoms with E-state index >= 15 is 0 Å². The minimum atomic E-state index is 0.340. The van der Waals surface area contributed by atoms with Crippen molar-refractivity contribution in [3.8, 4) is 0 Å². The van der Waals surface area contributed by atoms with Crippen LogP contribution in [0.2, 0.25) is 10.3 Å². The van der Waals surface area contributed by atoms with Crippen LogP contribution in [0.3, 0.4) is 0 Å². The molecule has 2 unspecified atom stereocenters. The third-order valence-electron chi connectivity index (χ3n) is 3.79. The van der Waals surface area contributed by atoms with Gasteiger partial charge >= 0.3 is 0 Å². The summed E-state index contributed by atoms with van der Waals surface area (Å²) in [6.45, 7) is 2.90. The summed E-state index contributed by atoms with van der Waals surface area (Å²) < 4.78 is 5.72. The highest BCUT2D eigenvalue weighted by molar-refractivity contribution is 6.33. The molecule has 2 atom stereocenters. The number of pyridine rings is 1. The van der Waals surface area contributed by atoms with Gasteiger partial charge in [0.15, 0.2) is 0 Å². The molecule has 1 aromatic heterocycles. The van der Waals surface area contributed by atoms with E-state index in [1.165, 1.54) is 5.56 Å². The fourth-order valence-corrected chi connectivity index (χ4v) is 3.33. The first-order valence-electron chi connectivity index (χ1n) is 5.61. The molecule has 1 saturated heterocycles. The first-order chi connectivity index (χ1) is 7.66. The summed E-state index contributed by atoms with van der Waals surface area (Å²) in [4.78, 5) is 4.18. The summed E-state index contributed by atoms with van der Waals surface area (Å²) in [7, 11) is 0. The lowest BCUT2D eigenvalue weighted by Crippen LogP contribution is -2.28. The molecule has 1 fully saturated rings. The van der Waals surface area contributed by atoms with Crippen molar-refractivity contribution in [2.45, 2.75) is 32.3 Å². The Hall–Kier alpha value is -0.310. The highest BCUT2D eigenvalue weighted by atomic mass is 35.5. The molecule has 2 nitrogen and oxygen atoms in total. The maximum atomic E-state index is 6.16. The second-order valence-electron chi connectivity index (χ2n) is 4.64.